The van der Waals surface area contributed by atoms with Gasteiger partial charge in [0.1, 0.15) is 6.54 Å². The summed E-state index contributed by atoms with van der Waals surface area (Å²) in [5, 5.41) is 8.76. The van der Waals surface area contributed by atoms with Crippen molar-refractivity contribution >= 4 is 17.6 Å². The molecule has 0 aliphatic heterocycles. The average Bonchev–Trinajstić information content (AvgIpc) is 2.18. The molecule has 0 fully saturated rings. The lowest BCUT2D eigenvalue weighted by atomic mass is 10.1. The van der Waals surface area contributed by atoms with Crippen molar-refractivity contribution in [3.8, 4) is 0 Å². The Labute approximate surface area is 94.5 Å². The van der Waals surface area contributed by atoms with E-state index in [0.29, 0.717) is 5.69 Å². The van der Waals surface area contributed by atoms with Crippen molar-refractivity contribution in [3.63, 3.8) is 0 Å². The van der Waals surface area contributed by atoms with Gasteiger partial charge in [0.25, 0.3) is 0 Å². The van der Waals surface area contributed by atoms with Crippen LogP contribution in [0.3, 0.4) is 0 Å². The number of amides is 1. The number of hydrogen-bond donors (Lipinski definition) is 1. The molecule has 0 heterocycles. The minimum absolute atomic E-state index is 0.267. The van der Waals surface area contributed by atoms with E-state index in [4.69, 9.17) is 5.11 Å². The van der Waals surface area contributed by atoms with Gasteiger partial charge in [-0.25, -0.2) is 0 Å². The van der Waals surface area contributed by atoms with Crippen molar-refractivity contribution in [1.82, 2.24) is 0 Å². The number of hydrogen-bond acceptors (Lipinski definition) is 2. The molecule has 0 atom stereocenters. The number of aryl methyl sites for hydroxylation is 1. The summed E-state index contributed by atoms with van der Waals surface area (Å²) in [7, 11) is 0. The fourth-order valence-corrected chi connectivity index (χ4v) is 1.53. The summed E-state index contributed by atoms with van der Waals surface area (Å²) in [6, 6.07) is 5.50. The van der Waals surface area contributed by atoms with Crippen LogP contribution in [0.1, 0.15) is 18.1 Å². The van der Waals surface area contributed by atoms with E-state index in [1.165, 1.54) is 11.8 Å². The zero-order valence-electron chi connectivity index (χ0n) is 9.65. The van der Waals surface area contributed by atoms with Gasteiger partial charge < -0.3 is 10.0 Å². The maximum atomic E-state index is 11.4. The van der Waals surface area contributed by atoms with E-state index in [9.17, 15) is 9.59 Å². The molecule has 0 aliphatic rings. The van der Waals surface area contributed by atoms with Crippen LogP contribution in [0.2, 0.25) is 0 Å². The first-order chi connectivity index (χ1) is 7.43. The first kappa shape index (κ1) is 12.2. The molecule has 1 aromatic carbocycles. The lowest BCUT2D eigenvalue weighted by Crippen LogP contribution is -2.34. The Morgan fingerprint density at radius 2 is 1.94 bits per heavy atom. The maximum absolute atomic E-state index is 11.4. The van der Waals surface area contributed by atoms with Crippen LogP contribution in [0.4, 0.5) is 5.69 Å². The average molecular weight is 221 g/mol. The summed E-state index contributed by atoms with van der Waals surface area (Å²) < 4.78 is 0. The van der Waals surface area contributed by atoms with Crippen LogP contribution in [0.5, 0.6) is 0 Å². The van der Waals surface area contributed by atoms with E-state index >= 15 is 0 Å². The number of benzene rings is 1. The van der Waals surface area contributed by atoms with Gasteiger partial charge in [0, 0.05) is 12.6 Å². The van der Waals surface area contributed by atoms with Gasteiger partial charge in [0.05, 0.1) is 0 Å². The van der Waals surface area contributed by atoms with Gasteiger partial charge in [-0.3, -0.25) is 9.59 Å². The molecule has 0 saturated carbocycles. The van der Waals surface area contributed by atoms with Crippen molar-refractivity contribution in [2.45, 2.75) is 20.8 Å². The first-order valence-corrected chi connectivity index (χ1v) is 4.99. The van der Waals surface area contributed by atoms with E-state index in [0.717, 1.165) is 11.1 Å². The Morgan fingerprint density at radius 3 is 2.44 bits per heavy atom. The maximum Gasteiger partial charge on any atom is 0.323 e. The second-order valence-corrected chi connectivity index (χ2v) is 3.72. The van der Waals surface area contributed by atoms with Gasteiger partial charge >= 0.3 is 5.97 Å². The van der Waals surface area contributed by atoms with Gasteiger partial charge in [-0.1, -0.05) is 12.1 Å². The molecule has 16 heavy (non-hydrogen) atoms. The Kier molecular flexibility index (Phi) is 3.66. The third-order valence-corrected chi connectivity index (χ3v) is 2.54. The molecule has 0 saturated heterocycles. The normalized spacial score (nSPS) is 9.94. The second kappa shape index (κ2) is 4.79. The highest BCUT2D eigenvalue weighted by atomic mass is 16.4. The number of rotatable bonds is 3. The highest BCUT2D eigenvalue weighted by Crippen LogP contribution is 2.22. The van der Waals surface area contributed by atoms with Gasteiger partial charge in [0.15, 0.2) is 0 Å². The van der Waals surface area contributed by atoms with Crippen molar-refractivity contribution in [1.29, 1.82) is 0 Å². The molecule has 1 N–H and O–H groups in total. The quantitative estimate of drug-likeness (QED) is 0.845. The molecule has 86 valence electrons. The summed E-state index contributed by atoms with van der Waals surface area (Å²) in [6.45, 7) is 4.87. The fourth-order valence-electron chi connectivity index (χ4n) is 1.53. The molecule has 4 heteroatoms. The van der Waals surface area contributed by atoms with Gasteiger partial charge in [-0.05, 0) is 31.0 Å². The first-order valence-electron chi connectivity index (χ1n) is 4.99. The zero-order chi connectivity index (χ0) is 12.3. The molecular weight excluding hydrogens is 206 g/mol. The van der Waals surface area contributed by atoms with Crippen molar-refractivity contribution < 1.29 is 14.7 Å². The molecule has 1 amide bonds. The number of carboxylic acids is 1. The molecule has 1 aromatic rings. The van der Waals surface area contributed by atoms with Gasteiger partial charge in [-0.2, -0.15) is 0 Å². The molecule has 4 nitrogen and oxygen atoms in total. The smallest absolute Gasteiger partial charge is 0.323 e. The van der Waals surface area contributed by atoms with Gasteiger partial charge in [-0.15, -0.1) is 0 Å². The van der Waals surface area contributed by atoms with E-state index in [-0.39, 0.29) is 12.5 Å². The van der Waals surface area contributed by atoms with Crippen molar-refractivity contribution in [2.75, 3.05) is 11.4 Å². The highest BCUT2D eigenvalue weighted by Gasteiger charge is 2.17. The van der Waals surface area contributed by atoms with Gasteiger partial charge in [0.2, 0.25) is 5.91 Å². The van der Waals surface area contributed by atoms with E-state index in [2.05, 4.69) is 0 Å². The monoisotopic (exact) mass is 221 g/mol. The fraction of sp³-hybridized carbons (Fsp3) is 0.333. The summed E-state index contributed by atoms with van der Waals surface area (Å²) in [4.78, 5) is 23.4. The van der Waals surface area contributed by atoms with E-state index in [1.54, 1.807) is 6.07 Å². The van der Waals surface area contributed by atoms with E-state index < -0.39 is 5.97 Å². The molecule has 0 aromatic heterocycles. The Hall–Kier alpha value is -1.84. The number of carboxylic acid groups (broad SMARTS) is 1. The van der Waals surface area contributed by atoms with Crippen LogP contribution in [-0.4, -0.2) is 23.5 Å². The number of aliphatic carboxylic acids is 1. The molecule has 0 radical (unpaired) electrons. The number of nitrogens with zero attached hydrogens (tertiary/aromatic N) is 1. The van der Waals surface area contributed by atoms with Crippen LogP contribution in [0.15, 0.2) is 18.2 Å². The van der Waals surface area contributed by atoms with E-state index in [1.807, 2.05) is 26.0 Å². The predicted molar refractivity (Wildman–Crippen MR) is 61.6 cm³/mol. The molecule has 1 rings (SSSR count). The Balaban J connectivity index is 3.16. The highest BCUT2D eigenvalue weighted by molar-refractivity contribution is 5.96. The molecule has 0 spiro atoms. The SMILES string of the molecule is CC(=O)N(CC(=O)O)c1cccc(C)c1C. The topological polar surface area (TPSA) is 57.6 Å². The molecular formula is C12H15NO3. The largest absolute Gasteiger partial charge is 0.480 e. The lowest BCUT2D eigenvalue weighted by Gasteiger charge is -2.21. The van der Waals surface area contributed by atoms with Crippen LogP contribution in [-0.2, 0) is 9.59 Å². The molecule has 0 unspecified atom stereocenters. The predicted octanol–water partition coefficient (Wildman–Crippen LogP) is 1.74. The summed E-state index contributed by atoms with van der Waals surface area (Å²) in [5.74, 6) is -1.28. The lowest BCUT2D eigenvalue weighted by molar-refractivity contribution is -0.136. The minimum atomic E-state index is -1.02. The zero-order valence-corrected chi connectivity index (χ0v) is 9.65. The van der Waals surface area contributed by atoms with Crippen LogP contribution in [0.25, 0.3) is 0 Å². The third-order valence-electron chi connectivity index (χ3n) is 2.54. The Bertz CT molecular complexity index is 426. The minimum Gasteiger partial charge on any atom is -0.480 e. The number of anilines is 1. The number of carbonyl (C=O) groups excluding carboxylic acids is 1. The summed E-state index contributed by atoms with van der Waals surface area (Å²) in [5.41, 5.74) is 2.63. The third kappa shape index (κ3) is 2.59. The van der Waals surface area contributed by atoms with Crippen molar-refractivity contribution in [3.05, 3.63) is 29.3 Å². The van der Waals surface area contributed by atoms with Crippen LogP contribution in [0, 0.1) is 13.8 Å². The van der Waals surface area contributed by atoms with Crippen LogP contribution < -0.4 is 4.90 Å². The Morgan fingerprint density at radius 1 is 1.31 bits per heavy atom. The standard InChI is InChI=1S/C12H15NO3/c1-8-5-4-6-11(9(8)2)13(10(3)14)7-12(15)16/h4-6H,7H2,1-3H3,(H,15,16). The number of carbonyl (C=O) groups is 2. The van der Waals surface area contributed by atoms with Crippen molar-refractivity contribution in [2.24, 2.45) is 0 Å². The second-order valence-electron chi connectivity index (χ2n) is 3.72. The summed E-state index contributed by atoms with van der Waals surface area (Å²) >= 11 is 0. The van der Waals surface area contributed by atoms with Crippen LogP contribution >= 0.6 is 0 Å². The molecule has 0 bridgehead atoms. The summed E-state index contributed by atoms with van der Waals surface area (Å²) in [6.07, 6.45) is 0. The molecule has 0 aliphatic carbocycles.